The number of amides is 2. The van der Waals surface area contributed by atoms with Crippen LogP contribution < -0.4 is 10.6 Å². The van der Waals surface area contributed by atoms with Gasteiger partial charge in [-0.3, -0.25) is 4.79 Å². The number of hydrogen-bond acceptors (Lipinski definition) is 3. The molecular formula is C13H23N3O3. The molecule has 2 aliphatic carbocycles. The third kappa shape index (κ3) is 5.46. The smallest absolute Gasteiger partial charge is 0.317 e. The molecular weight excluding hydrogens is 246 g/mol. The summed E-state index contributed by atoms with van der Waals surface area (Å²) in [5.41, 5.74) is 0. The van der Waals surface area contributed by atoms with E-state index in [4.69, 9.17) is 5.11 Å². The second-order valence-electron chi connectivity index (χ2n) is 5.38. The fraction of sp³-hybridized carbons (Fsp3) is 0.846. The number of nitrogens with one attached hydrogen (secondary N) is 2. The van der Waals surface area contributed by atoms with E-state index in [0.29, 0.717) is 19.1 Å². The lowest BCUT2D eigenvalue weighted by atomic mass is 10.3. The molecule has 0 aromatic rings. The van der Waals surface area contributed by atoms with Crippen LogP contribution in [-0.4, -0.2) is 53.7 Å². The van der Waals surface area contributed by atoms with Crippen LogP contribution >= 0.6 is 0 Å². The van der Waals surface area contributed by atoms with E-state index in [1.165, 1.54) is 12.8 Å². The third-order valence-electron chi connectivity index (χ3n) is 3.46. The molecule has 0 aromatic carbocycles. The first-order valence-corrected chi connectivity index (χ1v) is 7.16. The summed E-state index contributed by atoms with van der Waals surface area (Å²) in [6.07, 6.45) is 5.48. The first-order valence-electron chi connectivity index (χ1n) is 7.16. The summed E-state index contributed by atoms with van der Waals surface area (Å²) < 4.78 is 0. The van der Waals surface area contributed by atoms with Crippen LogP contribution in [0.2, 0.25) is 0 Å². The summed E-state index contributed by atoms with van der Waals surface area (Å²) in [4.78, 5) is 24.2. The monoisotopic (exact) mass is 269 g/mol. The molecule has 0 saturated heterocycles. The maximum absolute atomic E-state index is 11.9. The van der Waals surface area contributed by atoms with Gasteiger partial charge in [-0.15, -0.1) is 0 Å². The minimum Gasteiger partial charge on any atom is -0.481 e. The van der Waals surface area contributed by atoms with Gasteiger partial charge in [-0.2, -0.15) is 0 Å². The van der Waals surface area contributed by atoms with Crippen molar-refractivity contribution in [2.45, 2.75) is 50.6 Å². The van der Waals surface area contributed by atoms with Gasteiger partial charge in [0, 0.05) is 25.2 Å². The first kappa shape index (κ1) is 14.1. The maximum atomic E-state index is 11.9. The molecule has 2 rings (SSSR count). The topological polar surface area (TPSA) is 81.7 Å². The van der Waals surface area contributed by atoms with Crippen molar-refractivity contribution in [1.82, 2.24) is 15.5 Å². The Morgan fingerprint density at radius 1 is 1.16 bits per heavy atom. The molecule has 108 valence electrons. The molecule has 3 N–H and O–H groups in total. The Morgan fingerprint density at radius 2 is 1.89 bits per heavy atom. The van der Waals surface area contributed by atoms with E-state index in [0.717, 1.165) is 25.8 Å². The Balaban J connectivity index is 1.59. The molecule has 0 radical (unpaired) electrons. The van der Waals surface area contributed by atoms with Crippen molar-refractivity contribution in [1.29, 1.82) is 0 Å². The lowest BCUT2D eigenvalue weighted by molar-refractivity contribution is -0.137. The minimum absolute atomic E-state index is 0.0210. The van der Waals surface area contributed by atoms with Crippen molar-refractivity contribution in [3.05, 3.63) is 0 Å². The predicted octanol–water partition coefficient (Wildman–Crippen LogP) is 0.777. The van der Waals surface area contributed by atoms with Crippen molar-refractivity contribution in [2.75, 3.05) is 19.6 Å². The predicted molar refractivity (Wildman–Crippen MR) is 71.0 cm³/mol. The Kier molecular flexibility index (Phi) is 5.01. The summed E-state index contributed by atoms with van der Waals surface area (Å²) in [6, 6.07) is 0.841. The van der Waals surface area contributed by atoms with E-state index in [1.54, 1.807) is 4.90 Å². The summed E-state index contributed by atoms with van der Waals surface area (Å²) in [5, 5.41) is 15.0. The molecule has 2 amide bonds. The average Bonchev–Trinajstić information content (AvgIpc) is 3.22. The molecule has 2 saturated carbocycles. The van der Waals surface area contributed by atoms with Crippen LogP contribution in [-0.2, 0) is 4.79 Å². The highest BCUT2D eigenvalue weighted by molar-refractivity contribution is 5.76. The Morgan fingerprint density at radius 3 is 2.47 bits per heavy atom. The third-order valence-corrected chi connectivity index (χ3v) is 3.46. The van der Waals surface area contributed by atoms with Gasteiger partial charge in [0.15, 0.2) is 0 Å². The van der Waals surface area contributed by atoms with Crippen molar-refractivity contribution in [2.24, 2.45) is 0 Å². The van der Waals surface area contributed by atoms with Crippen LogP contribution in [0, 0.1) is 0 Å². The van der Waals surface area contributed by atoms with Crippen molar-refractivity contribution < 1.29 is 14.7 Å². The van der Waals surface area contributed by atoms with E-state index in [9.17, 15) is 9.59 Å². The quantitative estimate of drug-likeness (QED) is 0.540. The van der Waals surface area contributed by atoms with Crippen LogP contribution in [0.15, 0.2) is 0 Å². The van der Waals surface area contributed by atoms with Crippen molar-refractivity contribution >= 4 is 12.0 Å². The van der Waals surface area contributed by atoms with Gasteiger partial charge in [-0.05, 0) is 38.6 Å². The number of urea groups is 1. The normalized spacial score (nSPS) is 18.1. The number of aliphatic carboxylic acids is 1. The highest BCUT2D eigenvalue weighted by Gasteiger charge is 2.32. The SMILES string of the molecule is O=C(O)CCN(C(=O)NCCCNC1CC1)C1CC1. The molecule has 0 aliphatic heterocycles. The van der Waals surface area contributed by atoms with Gasteiger partial charge < -0.3 is 20.6 Å². The molecule has 2 fully saturated rings. The standard InChI is InChI=1S/C13H23N3O3/c17-12(18)6-9-16(11-4-5-11)13(19)15-8-1-7-14-10-2-3-10/h10-11,14H,1-9H2,(H,15,19)(H,17,18). The number of carbonyl (C=O) groups is 2. The zero-order valence-electron chi connectivity index (χ0n) is 11.2. The van der Waals surface area contributed by atoms with Crippen LogP contribution in [0.5, 0.6) is 0 Å². The molecule has 19 heavy (non-hydrogen) atoms. The van der Waals surface area contributed by atoms with Gasteiger partial charge in [-0.25, -0.2) is 4.79 Å². The van der Waals surface area contributed by atoms with Crippen LogP contribution in [0.1, 0.15) is 38.5 Å². The average molecular weight is 269 g/mol. The molecule has 0 spiro atoms. The minimum atomic E-state index is -0.855. The lowest BCUT2D eigenvalue weighted by Crippen LogP contribution is -2.43. The van der Waals surface area contributed by atoms with E-state index in [2.05, 4.69) is 10.6 Å². The van der Waals surface area contributed by atoms with Crippen LogP contribution in [0.25, 0.3) is 0 Å². The highest BCUT2D eigenvalue weighted by atomic mass is 16.4. The highest BCUT2D eigenvalue weighted by Crippen LogP contribution is 2.26. The largest absolute Gasteiger partial charge is 0.481 e. The zero-order chi connectivity index (χ0) is 13.7. The molecule has 2 aliphatic rings. The van der Waals surface area contributed by atoms with Crippen molar-refractivity contribution in [3.63, 3.8) is 0 Å². The maximum Gasteiger partial charge on any atom is 0.317 e. The molecule has 0 bridgehead atoms. The first-order chi connectivity index (χ1) is 9.16. The van der Waals surface area contributed by atoms with E-state index in [-0.39, 0.29) is 18.5 Å². The molecule has 0 aromatic heterocycles. The van der Waals surface area contributed by atoms with Gasteiger partial charge in [0.25, 0.3) is 0 Å². The fourth-order valence-electron chi connectivity index (χ4n) is 2.03. The van der Waals surface area contributed by atoms with E-state index in [1.807, 2.05) is 0 Å². The number of hydrogen-bond donors (Lipinski definition) is 3. The molecule has 6 heteroatoms. The second-order valence-corrected chi connectivity index (χ2v) is 5.38. The fourth-order valence-corrected chi connectivity index (χ4v) is 2.03. The summed E-state index contributed by atoms with van der Waals surface area (Å²) in [7, 11) is 0. The molecule has 6 nitrogen and oxygen atoms in total. The number of carboxylic acids is 1. The Labute approximate surface area is 113 Å². The lowest BCUT2D eigenvalue weighted by Gasteiger charge is -2.22. The van der Waals surface area contributed by atoms with Gasteiger partial charge in [0.2, 0.25) is 0 Å². The zero-order valence-corrected chi connectivity index (χ0v) is 11.2. The Bertz CT molecular complexity index is 327. The summed E-state index contributed by atoms with van der Waals surface area (Å²) >= 11 is 0. The summed E-state index contributed by atoms with van der Waals surface area (Å²) in [5.74, 6) is -0.855. The number of carbonyl (C=O) groups excluding carboxylic acids is 1. The molecule has 0 atom stereocenters. The number of nitrogens with zero attached hydrogens (tertiary/aromatic N) is 1. The van der Waals surface area contributed by atoms with Gasteiger partial charge >= 0.3 is 12.0 Å². The molecule has 0 unspecified atom stereocenters. The number of carboxylic acid groups (broad SMARTS) is 1. The van der Waals surface area contributed by atoms with E-state index < -0.39 is 5.97 Å². The molecule has 0 heterocycles. The van der Waals surface area contributed by atoms with Gasteiger partial charge in [0.05, 0.1) is 6.42 Å². The van der Waals surface area contributed by atoms with Crippen LogP contribution in [0.4, 0.5) is 4.79 Å². The summed E-state index contributed by atoms with van der Waals surface area (Å²) in [6.45, 7) is 1.89. The Hall–Kier alpha value is -1.30. The van der Waals surface area contributed by atoms with Gasteiger partial charge in [0.1, 0.15) is 0 Å². The van der Waals surface area contributed by atoms with Crippen LogP contribution in [0.3, 0.4) is 0 Å². The second kappa shape index (κ2) is 6.75. The van der Waals surface area contributed by atoms with E-state index >= 15 is 0 Å². The number of rotatable bonds is 9. The van der Waals surface area contributed by atoms with Crippen molar-refractivity contribution in [3.8, 4) is 0 Å². The van der Waals surface area contributed by atoms with Gasteiger partial charge in [-0.1, -0.05) is 0 Å².